The maximum absolute atomic E-state index is 5.33. The van der Waals surface area contributed by atoms with Crippen LogP contribution in [0, 0.1) is 6.92 Å². The van der Waals surface area contributed by atoms with E-state index < -0.39 is 0 Å². The van der Waals surface area contributed by atoms with Crippen molar-refractivity contribution < 1.29 is 4.52 Å². The molecule has 0 radical (unpaired) electrons. The van der Waals surface area contributed by atoms with Crippen LogP contribution in [0.1, 0.15) is 17.6 Å². The molecule has 8 heteroatoms. The van der Waals surface area contributed by atoms with Gasteiger partial charge in [0.2, 0.25) is 0 Å². The van der Waals surface area contributed by atoms with Gasteiger partial charge in [0.15, 0.2) is 11.5 Å². The van der Waals surface area contributed by atoms with Crippen molar-refractivity contribution in [2.24, 2.45) is 7.05 Å². The molecular weight excluding hydrogens is 280 g/mol. The molecule has 0 saturated carbocycles. The van der Waals surface area contributed by atoms with Gasteiger partial charge in [-0.15, -0.1) is 12.4 Å². The maximum atomic E-state index is 5.33. The van der Waals surface area contributed by atoms with E-state index in [2.05, 4.69) is 32.5 Å². The summed E-state index contributed by atoms with van der Waals surface area (Å²) in [4.78, 5) is 6.70. The van der Waals surface area contributed by atoms with Gasteiger partial charge in [0.1, 0.15) is 0 Å². The quantitative estimate of drug-likeness (QED) is 0.883. The van der Waals surface area contributed by atoms with Crippen LogP contribution in [0.3, 0.4) is 0 Å². The Morgan fingerprint density at radius 2 is 2.20 bits per heavy atom. The first-order valence-electron chi connectivity index (χ1n) is 6.40. The molecule has 0 spiro atoms. The highest BCUT2D eigenvalue weighted by molar-refractivity contribution is 5.85. The zero-order chi connectivity index (χ0) is 13.4. The molecule has 1 fully saturated rings. The molecule has 1 unspecified atom stereocenters. The summed E-state index contributed by atoms with van der Waals surface area (Å²) < 4.78 is 7.13. The Morgan fingerprint density at radius 3 is 2.85 bits per heavy atom. The molecule has 0 aromatic carbocycles. The molecule has 3 rings (SSSR count). The fourth-order valence-corrected chi connectivity index (χ4v) is 2.23. The summed E-state index contributed by atoms with van der Waals surface area (Å²) in [5.41, 5.74) is 1.79. The Bertz CT molecular complexity index is 561. The van der Waals surface area contributed by atoms with E-state index in [1.54, 1.807) is 4.68 Å². The third-order valence-electron chi connectivity index (χ3n) is 3.58. The molecule has 20 heavy (non-hydrogen) atoms. The largest absolute Gasteiger partial charge is 0.332 e. The molecule has 1 aliphatic rings. The normalized spacial score (nSPS) is 19.9. The van der Waals surface area contributed by atoms with E-state index in [4.69, 9.17) is 4.52 Å². The lowest BCUT2D eigenvalue weighted by atomic mass is 10.2. The number of aryl methyl sites for hydroxylation is 2. The minimum Gasteiger partial charge on any atom is -0.332 e. The Labute approximate surface area is 123 Å². The molecule has 110 valence electrons. The van der Waals surface area contributed by atoms with Crippen molar-refractivity contribution in [3.05, 3.63) is 17.6 Å². The van der Waals surface area contributed by atoms with Gasteiger partial charge < -0.3 is 9.84 Å². The van der Waals surface area contributed by atoms with Crippen LogP contribution in [0.25, 0.3) is 11.6 Å². The molecule has 1 atom stereocenters. The molecule has 1 N–H and O–H groups in total. The van der Waals surface area contributed by atoms with Gasteiger partial charge in [0.25, 0.3) is 5.89 Å². The summed E-state index contributed by atoms with van der Waals surface area (Å²) in [6, 6.07) is 2.11. The third kappa shape index (κ3) is 2.70. The summed E-state index contributed by atoms with van der Waals surface area (Å²) >= 11 is 0. The Balaban J connectivity index is 0.00000147. The van der Waals surface area contributed by atoms with Gasteiger partial charge in [-0.25, -0.2) is 0 Å². The summed E-state index contributed by atoms with van der Waals surface area (Å²) in [6.45, 7) is 4.82. The van der Waals surface area contributed by atoms with Crippen LogP contribution in [-0.4, -0.2) is 51.5 Å². The van der Waals surface area contributed by atoms with Crippen LogP contribution in [0.15, 0.2) is 10.6 Å². The van der Waals surface area contributed by atoms with Crippen molar-refractivity contribution >= 4 is 12.4 Å². The number of nitrogens with one attached hydrogen (secondary N) is 1. The highest BCUT2D eigenvalue weighted by Gasteiger charge is 2.26. The average molecular weight is 299 g/mol. The molecule has 1 saturated heterocycles. The van der Waals surface area contributed by atoms with Crippen molar-refractivity contribution in [3.8, 4) is 11.6 Å². The van der Waals surface area contributed by atoms with Gasteiger partial charge in [0.05, 0.1) is 6.04 Å². The Kier molecular flexibility index (Phi) is 4.42. The van der Waals surface area contributed by atoms with Crippen molar-refractivity contribution in [1.29, 1.82) is 0 Å². The van der Waals surface area contributed by atoms with E-state index in [1.807, 2.05) is 20.0 Å². The second-order valence-electron chi connectivity index (χ2n) is 4.95. The molecule has 2 aromatic heterocycles. The van der Waals surface area contributed by atoms with Crippen LogP contribution in [0.4, 0.5) is 0 Å². The first kappa shape index (κ1) is 15.0. The lowest BCUT2D eigenvalue weighted by molar-refractivity contribution is 0.190. The second-order valence-corrected chi connectivity index (χ2v) is 4.95. The fourth-order valence-electron chi connectivity index (χ4n) is 2.23. The van der Waals surface area contributed by atoms with Gasteiger partial charge in [-0.1, -0.05) is 5.16 Å². The highest BCUT2D eigenvalue weighted by Crippen LogP contribution is 2.22. The first-order valence-corrected chi connectivity index (χ1v) is 6.40. The highest BCUT2D eigenvalue weighted by atomic mass is 35.5. The molecule has 0 bridgehead atoms. The van der Waals surface area contributed by atoms with E-state index >= 15 is 0 Å². The van der Waals surface area contributed by atoms with E-state index in [-0.39, 0.29) is 18.4 Å². The van der Waals surface area contributed by atoms with E-state index in [0.717, 1.165) is 31.0 Å². The topological polar surface area (TPSA) is 72.0 Å². The minimum atomic E-state index is 0. The summed E-state index contributed by atoms with van der Waals surface area (Å²) in [7, 11) is 3.97. The fraction of sp³-hybridized carbons (Fsp3) is 0.583. The van der Waals surface area contributed by atoms with Gasteiger partial charge in [-0.2, -0.15) is 10.1 Å². The van der Waals surface area contributed by atoms with Gasteiger partial charge in [-0.3, -0.25) is 9.58 Å². The van der Waals surface area contributed by atoms with Gasteiger partial charge >= 0.3 is 0 Å². The molecule has 2 aromatic rings. The molecule has 0 amide bonds. The van der Waals surface area contributed by atoms with Crippen molar-refractivity contribution in [2.75, 3.05) is 26.7 Å². The number of likely N-dealkylation sites (N-methyl/N-ethyl adjacent to an activating group) is 1. The maximum Gasteiger partial charge on any atom is 0.278 e. The monoisotopic (exact) mass is 298 g/mol. The van der Waals surface area contributed by atoms with E-state index in [1.165, 1.54) is 0 Å². The lowest BCUT2D eigenvalue weighted by Crippen LogP contribution is -2.44. The minimum absolute atomic E-state index is 0. The van der Waals surface area contributed by atoms with Gasteiger partial charge in [-0.05, 0) is 20.0 Å². The molecule has 3 heterocycles. The Morgan fingerprint density at radius 1 is 1.40 bits per heavy atom. The van der Waals surface area contributed by atoms with Crippen molar-refractivity contribution in [2.45, 2.75) is 13.0 Å². The first-order chi connectivity index (χ1) is 9.15. The standard InChI is InChI=1S/C12H18N6O.ClH/c1-8-6-9(15-18(8)3)12-14-11(16-19-12)10-7-13-4-5-17(10)2;/h6,10,13H,4-5,7H2,1-3H3;1H. The lowest BCUT2D eigenvalue weighted by Gasteiger charge is -2.30. The average Bonchev–Trinajstić information content (AvgIpc) is 2.98. The number of aromatic nitrogens is 4. The number of rotatable bonds is 2. The predicted molar refractivity (Wildman–Crippen MR) is 76.7 cm³/mol. The second kappa shape index (κ2) is 5.90. The van der Waals surface area contributed by atoms with Crippen molar-refractivity contribution in [1.82, 2.24) is 30.1 Å². The number of nitrogens with zero attached hydrogens (tertiary/aromatic N) is 5. The van der Waals surface area contributed by atoms with Crippen LogP contribution < -0.4 is 5.32 Å². The summed E-state index contributed by atoms with van der Waals surface area (Å²) in [5.74, 6) is 1.20. The third-order valence-corrected chi connectivity index (χ3v) is 3.58. The number of piperazine rings is 1. The Hall–Kier alpha value is -1.44. The van der Waals surface area contributed by atoms with E-state index in [9.17, 15) is 0 Å². The summed E-state index contributed by atoms with van der Waals surface area (Å²) in [5, 5.41) is 11.8. The van der Waals surface area contributed by atoms with Crippen LogP contribution in [-0.2, 0) is 7.05 Å². The molecular formula is C12H19ClN6O. The van der Waals surface area contributed by atoms with Crippen LogP contribution in [0.2, 0.25) is 0 Å². The van der Waals surface area contributed by atoms with Crippen LogP contribution >= 0.6 is 12.4 Å². The molecule has 7 nitrogen and oxygen atoms in total. The number of halogens is 1. The zero-order valence-corrected chi connectivity index (χ0v) is 12.6. The van der Waals surface area contributed by atoms with E-state index in [0.29, 0.717) is 11.7 Å². The number of hydrogen-bond acceptors (Lipinski definition) is 6. The predicted octanol–water partition coefficient (Wildman–Crippen LogP) is 0.776. The molecule has 0 aliphatic carbocycles. The zero-order valence-electron chi connectivity index (χ0n) is 11.8. The SMILES string of the molecule is Cc1cc(-c2nc(C3CNCCN3C)no2)nn1C.Cl. The number of hydrogen-bond donors (Lipinski definition) is 1. The van der Waals surface area contributed by atoms with Crippen LogP contribution in [0.5, 0.6) is 0 Å². The molecule has 1 aliphatic heterocycles. The van der Waals surface area contributed by atoms with Crippen molar-refractivity contribution in [3.63, 3.8) is 0 Å². The van der Waals surface area contributed by atoms with Gasteiger partial charge in [0, 0.05) is 32.4 Å². The summed E-state index contributed by atoms with van der Waals surface area (Å²) in [6.07, 6.45) is 0. The smallest absolute Gasteiger partial charge is 0.278 e.